The largest absolute Gasteiger partial charge is 0.384 e. The normalized spacial score (nSPS) is 10.8. The molecule has 0 atom stereocenters. The Morgan fingerprint density at radius 1 is 1.10 bits per heavy atom. The van der Waals surface area contributed by atoms with Gasteiger partial charge in [0.05, 0.1) is 12.2 Å². The van der Waals surface area contributed by atoms with E-state index < -0.39 is 0 Å². The van der Waals surface area contributed by atoms with Gasteiger partial charge in [-0.2, -0.15) is 5.10 Å². The van der Waals surface area contributed by atoms with E-state index in [4.69, 9.17) is 5.73 Å². The number of hydrogen-bond donors (Lipinski definition) is 1. The summed E-state index contributed by atoms with van der Waals surface area (Å²) < 4.78 is 15.5. The number of nitrogen functional groups attached to an aromatic ring is 1. The molecule has 0 fully saturated rings. The van der Waals surface area contributed by atoms with Crippen LogP contribution >= 0.6 is 0 Å². The van der Waals surface area contributed by atoms with Gasteiger partial charge in [-0.15, -0.1) is 0 Å². The molecule has 3 nitrogen and oxygen atoms in total. The van der Waals surface area contributed by atoms with E-state index in [2.05, 4.69) is 5.10 Å². The summed E-state index contributed by atoms with van der Waals surface area (Å²) >= 11 is 0. The molecule has 3 rings (SSSR count). The Balaban J connectivity index is 1.91. The summed E-state index contributed by atoms with van der Waals surface area (Å²) in [6, 6.07) is 16.4. The number of anilines is 1. The van der Waals surface area contributed by atoms with Crippen molar-refractivity contribution in [2.75, 3.05) is 5.73 Å². The monoisotopic (exact) mass is 281 g/mol. The minimum Gasteiger partial charge on any atom is -0.384 e. The van der Waals surface area contributed by atoms with Crippen LogP contribution in [0.15, 0.2) is 54.6 Å². The van der Waals surface area contributed by atoms with Crippen molar-refractivity contribution in [2.45, 2.75) is 13.5 Å². The Bertz CT molecular complexity index is 760. The number of nitrogens with zero attached hydrogens (tertiary/aromatic N) is 2. The van der Waals surface area contributed by atoms with Crippen molar-refractivity contribution in [3.05, 3.63) is 71.5 Å². The first-order chi connectivity index (χ1) is 10.1. The van der Waals surface area contributed by atoms with Crippen molar-refractivity contribution < 1.29 is 4.39 Å². The summed E-state index contributed by atoms with van der Waals surface area (Å²) in [6.45, 7) is 2.61. The van der Waals surface area contributed by atoms with Gasteiger partial charge in [0.15, 0.2) is 0 Å². The van der Waals surface area contributed by atoms with E-state index in [0.29, 0.717) is 23.6 Å². The van der Waals surface area contributed by atoms with E-state index in [0.717, 1.165) is 5.56 Å². The van der Waals surface area contributed by atoms with Crippen molar-refractivity contribution in [2.24, 2.45) is 0 Å². The Morgan fingerprint density at radius 3 is 2.52 bits per heavy atom. The molecule has 106 valence electrons. The van der Waals surface area contributed by atoms with Gasteiger partial charge in [-0.25, -0.2) is 9.07 Å². The third kappa shape index (κ3) is 2.79. The fraction of sp³-hybridized carbons (Fsp3) is 0.118. The molecule has 0 unspecified atom stereocenters. The molecule has 2 N–H and O–H groups in total. The lowest BCUT2D eigenvalue weighted by Crippen LogP contribution is -2.05. The summed E-state index contributed by atoms with van der Waals surface area (Å²) in [5.41, 5.74) is 9.32. The highest BCUT2D eigenvalue weighted by molar-refractivity contribution is 5.62. The highest BCUT2D eigenvalue weighted by Crippen LogP contribution is 2.23. The number of aryl methyl sites for hydroxylation is 1. The fourth-order valence-electron chi connectivity index (χ4n) is 2.22. The molecule has 0 radical (unpaired) electrons. The summed E-state index contributed by atoms with van der Waals surface area (Å²) in [6.07, 6.45) is 0. The van der Waals surface area contributed by atoms with Gasteiger partial charge in [0, 0.05) is 11.6 Å². The quantitative estimate of drug-likeness (QED) is 0.796. The van der Waals surface area contributed by atoms with Gasteiger partial charge in [-0.05, 0) is 24.6 Å². The molecule has 0 bridgehead atoms. The summed E-state index contributed by atoms with van der Waals surface area (Å²) in [5.74, 6) is 0.228. The second-order valence-electron chi connectivity index (χ2n) is 5.08. The number of benzene rings is 2. The van der Waals surface area contributed by atoms with Crippen LogP contribution in [0.3, 0.4) is 0 Å². The van der Waals surface area contributed by atoms with E-state index in [1.165, 1.54) is 11.6 Å². The van der Waals surface area contributed by atoms with Gasteiger partial charge in [0.25, 0.3) is 0 Å². The number of rotatable bonds is 3. The summed E-state index contributed by atoms with van der Waals surface area (Å²) in [5, 5.41) is 4.41. The topological polar surface area (TPSA) is 43.8 Å². The lowest BCUT2D eigenvalue weighted by molar-refractivity contribution is 0.629. The molecule has 1 heterocycles. The van der Waals surface area contributed by atoms with E-state index in [1.807, 2.05) is 31.2 Å². The maximum atomic E-state index is 13.8. The van der Waals surface area contributed by atoms with Crippen molar-refractivity contribution in [1.29, 1.82) is 0 Å². The van der Waals surface area contributed by atoms with Gasteiger partial charge < -0.3 is 5.73 Å². The third-order valence-electron chi connectivity index (χ3n) is 3.41. The maximum absolute atomic E-state index is 13.8. The van der Waals surface area contributed by atoms with Gasteiger partial charge in [-0.1, -0.05) is 42.0 Å². The number of aromatic nitrogens is 2. The molecule has 0 aliphatic heterocycles. The molecular weight excluding hydrogens is 265 g/mol. The maximum Gasteiger partial charge on any atom is 0.132 e. The molecule has 0 saturated carbocycles. The standard InChI is InChI=1S/C17H16FN3/c1-12-6-8-13(9-7-12)11-21-17(19)10-16(20-21)14-4-2-3-5-15(14)18/h2-10H,11,19H2,1H3. The molecule has 1 aromatic heterocycles. The van der Waals surface area contributed by atoms with Gasteiger partial charge >= 0.3 is 0 Å². The molecule has 0 aliphatic rings. The Kier molecular flexibility index (Phi) is 3.44. The zero-order valence-electron chi connectivity index (χ0n) is 11.8. The Labute approximate surface area is 122 Å². The van der Waals surface area contributed by atoms with Crippen LogP contribution in [-0.2, 0) is 6.54 Å². The van der Waals surface area contributed by atoms with Crippen molar-refractivity contribution in [1.82, 2.24) is 9.78 Å². The van der Waals surface area contributed by atoms with Crippen LogP contribution in [0.1, 0.15) is 11.1 Å². The number of hydrogen-bond acceptors (Lipinski definition) is 2. The van der Waals surface area contributed by atoms with E-state index in [-0.39, 0.29) is 5.82 Å². The average Bonchev–Trinajstić information content (AvgIpc) is 2.83. The zero-order valence-corrected chi connectivity index (χ0v) is 11.8. The molecular formula is C17H16FN3. The molecule has 0 spiro atoms. The SMILES string of the molecule is Cc1ccc(Cn2nc(-c3ccccc3F)cc2N)cc1. The van der Waals surface area contributed by atoms with Crippen LogP contribution in [0.4, 0.5) is 10.2 Å². The zero-order chi connectivity index (χ0) is 14.8. The molecule has 3 aromatic rings. The second kappa shape index (κ2) is 5.40. The predicted molar refractivity (Wildman–Crippen MR) is 82.3 cm³/mol. The van der Waals surface area contributed by atoms with Crippen molar-refractivity contribution in [3.8, 4) is 11.3 Å². The molecule has 4 heteroatoms. The smallest absolute Gasteiger partial charge is 0.132 e. The van der Waals surface area contributed by atoms with Gasteiger partial charge in [-0.3, -0.25) is 0 Å². The Hall–Kier alpha value is -2.62. The van der Waals surface area contributed by atoms with Gasteiger partial charge in [0.1, 0.15) is 11.6 Å². The first-order valence-electron chi connectivity index (χ1n) is 6.77. The van der Waals surface area contributed by atoms with Gasteiger partial charge in [0.2, 0.25) is 0 Å². The molecule has 2 aromatic carbocycles. The molecule has 21 heavy (non-hydrogen) atoms. The fourth-order valence-corrected chi connectivity index (χ4v) is 2.22. The lowest BCUT2D eigenvalue weighted by atomic mass is 10.1. The summed E-state index contributed by atoms with van der Waals surface area (Å²) in [7, 11) is 0. The van der Waals surface area contributed by atoms with E-state index in [1.54, 1.807) is 28.9 Å². The van der Waals surface area contributed by atoms with Crippen LogP contribution in [-0.4, -0.2) is 9.78 Å². The minimum absolute atomic E-state index is 0.294. The number of nitrogens with two attached hydrogens (primary N) is 1. The van der Waals surface area contributed by atoms with E-state index in [9.17, 15) is 4.39 Å². The second-order valence-corrected chi connectivity index (χ2v) is 5.08. The highest BCUT2D eigenvalue weighted by Gasteiger charge is 2.11. The summed E-state index contributed by atoms with van der Waals surface area (Å²) in [4.78, 5) is 0. The average molecular weight is 281 g/mol. The molecule has 0 aliphatic carbocycles. The van der Waals surface area contributed by atoms with Crippen LogP contribution < -0.4 is 5.73 Å². The molecule has 0 saturated heterocycles. The molecule has 0 amide bonds. The third-order valence-corrected chi connectivity index (χ3v) is 3.41. The van der Waals surface area contributed by atoms with E-state index >= 15 is 0 Å². The first kappa shape index (κ1) is 13.4. The highest BCUT2D eigenvalue weighted by atomic mass is 19.1. The van der Waals surface area contributed by atoms with Crippen molar-refractivity contribution in [3.63, 3.8) is 0 Å². The van der Waals surface area contributed by atoms with Crippen LogP contribution in [0.5, 0.6) is 0 Å². The van der Waals surface area contributed by atoms with Crippen LogP contribution in [0, 0.1) is 12.7 Å². The van der Waals surface area contributed by atoms with Crippen LogP contribution in [0.2, 0.25) is 0 Å². The first-order valence-corrected chi connectivity index (χ1v) is 6.77. The Morgan fingerprint density at radius 2 is 1.81 bits per heavy atom. The predicted octanol–water partition coefficient (Wildman–Crippen LogP) is 3.63. The van der Waals surface area contributed by atoms with Crippen molar-refractivity contribution >= 4 is 5.82 Å². The number of halogens is 1. The minimum atomic E-state index is -0.294. The van der Waals surface area contributed by atoms with Crippen LogP contribution in [0.25, 0.3) is 11.3 Å². The lowest BCUT2D eigenvalue weighted by Gasteiger charge is -2.04.